The van der Waals surface area contributed by atoms with E-state index in [-0.39, 0.29) is 0 Å². The number of nitrogens with zero attached hydrogens (tertiary/aromatic N) is 1. The van der Waals surface area contributed by atoms with Crippen molar-refractivity contribution in [3.05, 3.63) is 26.5 Å². The molecule has 1 aromatic heterocycles. The molecule has 0 fully saturated rings. The SMILES string of the molecule is Clc1ccc(I)c2[nH]c(CBr)nc12. The number of aromatic nitrogens is 2. The van der Waals surface area contributed by atoms with Gasteiger partial charge in [-0.25, -0.2) is 4.98 Å². The molecule has 2 aromatic rings. The van der Waals surface area contributed by atoms with Crippen LogP contribution in [0.3, 0.4) is 0 Å². The zero-order chi connectivity index (χ0) is 9.42. The maximum Gasteiger partial charge on any atom is 0.118 e. The van der Waals surface area contributed by atoms with Gasteiger partial charge in [-0.1, -0.05) is 27.5 Å². The van der Waals surface area contributed by atoms with E-state index >= 15 is 0 Å². The van der Waals surface area contributed by atoms with Crippen molar-refractivity contribution in [2.24, 2.45) is 0 Å². The second-order valence-electron chi connectivity index (χ2n) is 2.57. The second-order valence-corrected chi connectivity index (χ2v) is 4.70. The smallest absolute Gasteiger partial charge is 0.118 e. The highest BCUT2D eigenvalue weighted by molar-refractivity contribution is 14.1. The molecule has 2 nitrogen and oxygen atoms in total. The van der Waals surface area contributed by atoms with Crippen LogP contribution in [0.15, 0.2) is 12.1 Å². The van der Waals surface area contributed by atoms with Gasteiger partial charge in [-0.3, -0.25) is 0 Å². The van der Waals surface area contributed by atoms with Gasteiger partial charge in [0, 0.05) is 3.57 Å². The summed E-state index contributed by atoms with van der Waals surface area (Å²) in [6, 6.07) is 3.84. The first-order valence-electron chi connectivity index (χ1n) is 3.61. The van der Waals surface area contributed by atoms with Gasteiger partial charge in [0.2, 0.25) is 0 Å². The summed E-state index contributed by atoms with van der Waals surface area (Å²) in [5.74, 6) is 0.904. The van der Waals surface area contributed by atoms with Gasteiger partial charge in [0.1, 0.15) is 11.3 Å². The first-order valence-corrected chi connectivity index (χ1v) is 6.18. The fraction of sp³-hybridized carbons (Fsp3) is 0.125. The lowest BCUT2D eigenvalue weighted by Gasteiger charge is -1.93. The van der Waals surface area contributed by atoms with E-state index in [9.17, 15) is 0 Å². The van der Waals surface area contributed by atoms with Gasteiger partial charge in [0.25, 0.3) is 0 Å². The molecule has 0 bridgehead atoms. The predicted molar refractivity (Wildman–Crippen MR) is 66.5 cm³/mol. The largest absolute Gasteiger partial charge is 0.340 e. The van der Waals surface area contributed by atoms with Crippen molar-refractivity contribution < 1.29 is 0 Å². The number of rotatable bonds is 1. The summed E-state index contributed by atoms with van der Waals surface area (Å²) in [6.45, 7) is 0. The summed E-state index contributed by atoms with van der Waals surface area (Å²) >= 11 is 11.6. The monoisotopic (exact) mass is 370 g/mol. The molecule has 0 aliphatic carbocycles. The Kier molecular flexibility index (Phi) is 2.80. The fourth-order valence-electron chi connectivity index (χ4n) is 1.14. The van der Waals surface area contributed by atoms with Crippen molar-refractivity contribution in [1.29, 1.82) is 0 Å². The third-order valence-electron chi connectivity index (χ3n) is 1.72. The van der Waals surface area contributed by atoms with Crippen LogP contribution in [-0.2, 0) is 5.33 Å². The molecule has 0 amide bonds. The molecule has 5 heteroatoms. The summed E-state index contributed by atoms with van der Waals surface area (Å²) in [7, 11) is 0. The number of benzene rings is 1. The van der Waals surface area contributed by atoms with Gasteiger partial charge >= 0.3 is 0 Å². The zero-order valence-corrected chi connectivity index (χ0v) is 10.9. The molecule has 0 aliphatic rings. The molecular formula is C8H5BrClIN2. The van der Waals surface area contributed by atoms with Crippen LogP contribution in [0.4, 0.5) is 0 Å². The van der Waals surface area contributed by atoms with Gasteiger partial charge in [-0.15, -0.1) is 0 Å². The minimum Gasteiger partial charge on any atom is -0.340 e. The van der Waals surface area contributed by atoms with E-state index in [4.69, 9.17) is 11.6 Å². The molecule has 0 spiro atoms. The third-order valence-corrected chi connectivity index (χ3v) is 3.46. The Morgan fingerprint density at radius 3 is 2.92 bits per heavy atom. The highest BCUT2D eigenvalue weighted by atomic mass is 127. The van der Waals surface area contributed by atoms with E-state index < -0.39 is 0 Å². The van der Waals surface area contributed by atoms with Crippen LogP contribution < -0.4 is 0 Å². The highest BCUT2D eigenvalue weighted by Gasteiger charge is 2.07. The molecule has 1 heterocycles. The minimum atomic E-state index is 0.693. The Morgan fingerprint density at radius 2 is 2.31 bits per heavy atom. The molecular weight excluding hydrogens is 366 g/mol. The zero-order valence-electron chi connectivity index (χ0n) is 6.44. The molecule has 0 saturated heterocycles. The average molecular weight is 371 g/mol. The lowest BCUT2D eigenvalue weighted by molar-refractivity contribution is 1.15. The molecule has 13 heavy (non-hydrogen) atoms. The number of aromatic amines is 1. The van der Waals surface area contributed by atoms with E-state index in [0.29, 0.717) is 10.4 Å². The quantitative estimate of drug-likeness (QED) is 0.601. The number of fused-ring (bicyclic) bond motifs is 1. The topological polar surface area (TPSA) is 28.7 Å². The number of imidazole rings is 1. The minimum absolute atomic E-state index is 0.693. The second kappa shape index (κ2) is 3.74. The summed E-state index contributed by atoms with van der Waals surface area (Å²) in [6.07, 6.45) is 0. The summed E-state index contributed by atoms with van der Waals surface area (Å²) in [5.41, 5.74) is 1.87. The van der Waals surface area contributed by atoms with E-state index in [2.05, 4.69) is 48.5 Å². The molecule has 1 N–H and O–H groups in total. The van der Waals surface area contributed by atoms with Crippen LogP contribution in [0.25, 0.3) is 11.0 Å². The number of H-pyrrole nitrogens is 1. The lowest BCUT2D eigenvalue weighted by atomic mass is 10.3. The standard InChI is InChI=1S/C8H5BrClIN2/c9-3-6-12-7-4(10)1-2-5(11)8(7)13-6/h1-2H,3H2,(H,12,13). The third kappa shape index (κ3) is 1.71. The Morgan fingerprint density at radius 1 is 1.54 bits per heavy atom. The Hall–Kier alpha value is 0.190. The molecule has 0 unspecified atom stereocenters. The van der Waals surface area contributed by atoms with E-state index in [0.717, 1.165) is 20.4 Å². The Labute approximate surface area is 102 Å². The first kappa shape index (κ1) is 9.73. The van der Waals surface area contributed by atoms with Gasteiger partial charge in [0.05, 0.1) is 15.9 Å². The molecule has 0 aliphatic heterocycles. The maximum atomic E-state index is 6.00. The van der Waals surface area contributed by atoms with Crippen LogP contribution in [0.1, 0.15) is 5.82 Å². The van der Waals surface area contributed by atoms with Gasteiger partial charge in [0.15, 0.2) is 0 Å². The molecule has 1 aromatic carbocycles. The van der Waals surface area contributed by atoms with Crippen molar-refractivity contribution in [3.63, 3.8) is 0 Å². The Bertz CT molecular complexity index is 416. The summed E-state index contributed by atoms with van der Waals surface area (Å²) < 4.78 is 1.14. The van der Waals surface area contributed by atoms with Crippen LogP contribution in [0.2, 0.25) is 5.02 Å². The van der Waals surface area contributed by atoms with Crippen LogP contribution in [0.5, 0.6) is 0 Å². The number of halogens is 3. The van der Waals surface area contributed by atoms with Gasteiger partial charge in [-0.05, 0) is 34.7 Å². The van der Waals surface area contributed by atoms with Crippen LogP contribution in [0, 0.1) is 3.57 Å². The number of hydrogen-bond acceptors (Lipinski definition) is 1. The molecule has 0 saturated carbocycles. The molecule has 0 atom stereocenters. The van der Waals surface area contributed by atoms with Crippen LogP contribution in [-0.4, -0.2) is 9.97 Å². The van der Waals surface area contributed by atoms with E-state index in [1.54, 1.807) is 0 Å². The van der Waals surface area contributed by atoms with Crippen molar-refractivity contribution in [2.75, 3.05) is 0 Å². The van der Waals surface area contributed by atoms with Crippen molar-refractivity contribution in [3.8, 4) is 0 Å². The molecule has 2 rings (SSSR count). The van der Waals surface area contributed by atoms with E-state index in [1.807, 2.05) is 12.1 Å². The maximum absolute atomic E-state index is 6.00. The fourth-order valence-corrected chi connectivity index (χ4v) is 2.18. The number of hydrogen-bond donors (Lipinski definition) is 1. The molecule has 0 radical (unpaired) electrons. The van der Waals surface area contributed by atoms with Gasteiger partial charge in [-0.2, -0.15) is 0 Å². The van der Waals surface area contributed by atoms with Crippen molar-refractivity contribution in [1.82, 2.24) is 9.97 Å². The predicted octanol–water partition coefficient (Wildman–Crippen LogP) is 3.72. The van der Waals surface area contributed by atoms with Crippen molar-refractivity contribution >= 4 is 61.2 Å². The van der Waals surface area contributed by atoms with E-state index in [1.165, 1.54) is 0 Å². The average Bonchev–Trinajstić information content (AvgIpc) is 2.56. The highest BCUT2D eigenvalue weighted by Crippen LogP contribution is 2.26. The summed E-state index contributed by atoms with van der Waals surface area (Å²) in [4.78, 5) is 7.56. The van der Waals surface area contributed by atoms with Gasteiger partial charge < -0.3 is 4.98 Å². The number of alkyl halides is 1. The molecule has 68 valence electrons. The van der Waals surface area contributed by atoms with Crippen LogP contribution >= 0.6 is 50.1 Å². The lowest BCUT2D eigenvalue weighted by Crippen LogP contribution is -1.77. The Balaban J connectivity index is 2.80. The first-order chi connectivity index (χ1) is 6.22. The number of nitrogens with one attached hydrogen (secondary N) is 1. The summed E-state index contributed by atoms with van der Waals surface area (Å²) in [5, 5.41) is 1.41. The van der Waals surface area contributed by atoms with Crippen molar-refractivity contribution in [2.45, 2.75) is 5.33 Å². The normalized spacial score (nSPS) is 11.0.